The molecule has 1 aromatic carbocycles. The van der Waals surface area contributed by atoms with E-state index >= 15 is 0 Å². The molecule has 11 heteroatoms. The number of rotatable bonds is 5. The van der Waals surface area contributed by atoms with Crippen molar-refractivity contribution in [2.45, 2.75) is 61.1 Å². The number of sulfone groups is 1. The maximum atomic E-state index is 13.7. The number of likely N-dealkylation sites (tertiary alicyclic amines) is 1. The molecular weight excluding hydrogens is 520 g/mol. The van der Waals surface area contributed by atoms with Gasteiger partial charge in [-0.2, -0.15) is 5.26 Å². The zero-order valence-electron chi connectivity index (χ0n) is 17.1. The highest BCUT2D eigenvalue weighted by molar-refractivity contribution is 9.10. The quantitative estimate of drug-likeness (QED) is 0.610. The Bertz CT molecular complexity index is 1100. The lowest BCUT2D eigenvalue weighted by Gasteiger charge is -2.24. The molecule has 2 aliphatic carbocycles. The number of nitrogens with one attached hydrogen (secondary N) is 1. The fourth-order valence-electron chi connectivity index (χ4n) is 4.52. The van der Waals surface area contributed by atoms with Crippen LogP contribution in [0.15, 0.2) is 33.6 Å². The van der Waals surface area contributed by atoms with Gasteiger partial charge in [-0.15, -0.1) is 0 Å². The van der Waals surface area contributed by atoms with E-state index in [9.17, 15) is 32.0 Å². The minimum absolute atomic E-state index is 0. The van der Waals surface area contributed by atoms with Crippen LogP contribution < -0.4 is 5.32 Å². The Hall–Kier alpha value is -2.06. The number of amides is 2. The van der Waals surface area contributed by atoms with Gasteiger partial charge in [-0.1, -0.05) is 29.4 Å². The van der Waals surface area contributed by atoms with Crippen molar-refractivity contribution in [1.29, 1.82) is 5.26 Å². The molecule has 4 rings (SSSR count). The van der Waals surface area contributed by atoms with Crippen LogP contribution in [-0.4, -0.2) is 54.9 Å². The molecule has 1 N–H and O–H groups in total. The maximum Gasteiger partial charge on any atom is 0.267 e. The lowest BCUT2D eigenvalue weighted by Crippen LogP contribution is -2.45. The summed E-state index contributed by atoms with van der Waals surface area (Å²) >= 11 is 3.25. The van der Waals surface area contributed by atoms with Crippen molar-refractivity contribution >= 4 is 37.6 Å². The Kier molecular flexibility index (Phi) is 6.93. The van der Waals surface area contributed by atoms with E-state index in [2.05, 4.69) is 21.2 Å². The van der Waals surface area contributed by atoms with E-state index in [1.807, 2.05) is 6.07 Å². The normalized spacial score (nSPS) is 27.3. The second-order valence-electron chi connectivity index (χ2n) is 8.86. The van der Waals surface area contributed by atoms with Gasteiger partial charge in [0.1, 0.15) is 5.54 Å². The summed E-state index contributed by atoms with van der Waals surface area (Å²) in [7, 11) is -3.87. The SMILES string of the molecule is C.N#CC1(NC(=O)[C@@H]2C[C@@H](S(=O)(=O)c3cccc(Br)c3)C[C@H]2C(=O)N2CCC(F)(F)C2)CC1. The van der Waals surface area contributed by atoms with Crippen molar-refractivity contribution in [1.82, 2.24) is 10.2 Å². The van der Waals surface area contributed by atoms with Gasteiger partial charge in [-0.3, -0.25) is 9.59 Å². The molecular formula is C22H26BrF2N3O4S. The standard InChI is InChI=1S/C21H22BrF2N3O4S.CH4/c22-13-2-1-3-14(8-13)32(30,31)15-9-16(18(28)26-20(11-25)4-5-20)17(10-15)19(29)27-7-6-21(23,24)12-27;/h1-3,8,15-17H,4-7,9-10,12H2,(H,26,28);1H4/t15-,16-,17-;/m1./s1. The number of carbonyl (C=O) groups excluding carboxylic acids is 2. The van der Waals surface area contributed by atoms with E-state index in [0.29, 0.717) is 17.3 Å². The maximum absolute atomic E-state index is 13.7. The number of nitriles is 1. The van der Waals surface area contributed by atoms with E-state index < -0.39 is 63.2 Å². The molecule has 3 fully saturated rings. The topological polar surface area (TPSA) is 107 Å². The van der Waals surface area contributed by atoms with Gasteiger partial charge in [-0.05, 0) is 43.9 Å². The van der Waals surface area contributed by atoms with Crippen LogP contribution in [0.3, 0.4) is 0 Å². The number of nitrogens with zero attached hydrogens (tertiary/aromatic N) is 2. The number of hydrogen-bond donors (Lipinski definition) is 1. The molecule has 1 aromatic rings. The van der Waals surface area contributed by atoms with Gasteiger partial charge in [0.25, 0.3) is 5.92 Å². The van der Waals surface area contributed by atoms with Gasteiger partial charge >= 0.3 is 0 Å². The molecule has 0 aromatic heterocycles. The molecule has 180 valence electrons. The molecule has 2 amide bonds. The first-order chi connectivity index (χ1) is 15.0. The Morgan fingerprint density at radius 1 is 1.18 bits per heavy atom. The average Bonchev–Trinajstić information content (AvgIpc) is 3.19. The number of hydrogen-bond acceptors (Lipinski definition) is 5. The Labute approximate surface area is 200 Å². The van der Waals surface area contributed by atoms with Crippen molar-refractivity contribution in [3.8, 4) is 6.07 Å². The predicted octanol–water partition coefficient (Wildman–Crippen LogP) is 3.29. The van der Waals surface area contributed by atoms with Crippen LogP contribution >= 0.6 is 15.9 Å². The second kappa shape index (κ2) is 8.95. The third-order valence-corrected chi connectivity index (χ3v) is 9.21. The van der Waals surface area contributed by atoms with Gasteiger partial charge in [-0.25, -0.2) is 17.2 Å². The van der Waals surface area contributed by atoms with Gasteiger partial charge in [0.05, 0.1) is 34.6 Å². The van der Waals surface area contributed by atoms with Gasteiger partial charge in [0, 0.05) is 17.4 Å². The molecule has 1 aliphatic heterocycles. The minimum atomic E-state index is -3.87. The highest BCUT2D eigenvalue weighted by atomic mass is 79.9. The molecule has 1 heterocycles. The molecule has 0 unspecified atom stereocenters. The van der Waals surface area contributed by atoms with E-state index in [0.717, 1.165) is 4.90 Å². The zero-order valence-corrected chi connectivity index (χ0v) is 19.5. The van der Waals surface area contributed by atoms with Crippen molar-refractivity contribution < 1.29 is 26.8 Å². The first-order valence-electron chi connectivity index (χ1n) is 10.4. The monoisotopic (exact) mass is 545 g/mol. The summed E-state index contributed by atoms with van der Waals surface area (Å²) in [5.41, 5.74) is -0.980. The summed E-state index contributed by atoms with van der Waals surface area (Å²) in [5, 5.41) is 10.9. The number of alkyl halides is 2. The van der Waals surface area contributed by atoms with Crippen molar-refractivity contribution in [2.75, 3.05) is 13.1 Å². The minimum Gasteiger partial charge on any atom is -0.338 e. The molecule has 0 bridgehead atoms. The van der Waals surface area contributed by atoms with Crippen LogP contribution in [0.4, 0.5) is 8.78 Å². The first kappa shape index (κ1) is 25.6. The largest absolute Gasteiger partial charge is 0.338 e. The molecule has 0 radical (unpaired) electrons. The predicted molar refractivity (Wildman–Crippen MR) is 120 cm³/mol. The summed E-state index contributed by atoms with van der Waals surface area (Å²) in [5.74, 6) is -6.23. The first-order valence-corrected chi connectivity index (χ1v) is 12.7. The van der Waals surface area contributed by atoms with Crippen molar-refractivity contribution in [3.63, 3.8) is 0 Å². The Balaban J connectivity index is 0.00000306. The molecule has 33 heavy (non-hydrogen) atoms. The zero-order chi connectivity index (χ0) is 23.3. The summed E-state index contributed by atoms with van der Waals surface area (Å²) in [6.45, 7) is -0.871. The number of halogens is 3. The third kappa shape index (κ3) is 5.06. The average molecular weight is 546 g/mol. The fraction of sp³-hybridized carbons (Fsp3) is 0.591. The smallest absolute Gasteiger partial charge is 0.267 e. The molecule has 3 atom stereocenters. The van der Waals surface area contributed by atoms with Crippen molar-refractivity contribution in [3.05, 3.63) is 28.7 Å². The van der Waals surface area contributed by atoms with Crippen LogP contribution in [0.2, 0.25) is 0 Å². The van der Waals surface area contributed by atoms with Crippen LogP contribution in [0.25, 0.3) is 0 Å². The van der Waals surface area contributed by atoms with Crippen LogP contribution in [0, 0.1) is 23.2 Å². The second-order valence-corrected chi connectivity index (χ2v) is 12.0. The molecule has 0 spiro atoms. The van der Waals surface area contributed by atoms with Gasteiger partial charge in [0.15, 0.2) is 9.84 Å². The van der Waals surface area contributed by atoms with Crippen LogP contribution in [0.1, 0.15) is 39.5 Å². The van der Waals surface area contributed by atoms with E-state index in [1.165, 1.54) is 12.1 Å². The van der Waals surface area contributed by atoms with E-state index in [-0.39, 0.29) is 31.7 Å². The molecule has 2 saturated carbocycles. The molecule has 3 aliphatic rings. The number of carbonyl (C=O) groups is 2. The lowest BCUT2D eigenvalue weighted by atomic mass is 9.93. The summed E-state index contributed by atoms with van der Waals surface area (Å²) in [4.78, 5) is 27.2. The number of benzene rings is 1. The Morgan fingerprint density at radius 2 is 1.85 bits per heavy atom. The van der Waals surface area contributed by atoms with Gasteiger partial charge in [0.2, 0.25) is 11.8 Å². The van der Waals surface area contributed by atoms with Gasteiger partial charge < -0.3 is 10.2 Å². The summed E-state index contributed by atoms with van der Waals surface area (Å²) < 4.78 is 54.5. The summed E-state index contributed by atoms with van der Waals surface area (Å²) in [6.07, 6.45) is 0.271. The van der Waals surface area contributed by atoms with Crippen molar-refractivity contribution in [2.24, 2.45) is 11.8 Å². The van der Waals surface area contributed by atoms with E-state index in [1.54, 1.807) is 12.1 Å². The van der Waals surface area contributed by atoms with Crippen LogP contribution in [0.5, 0.6) is 0 Å². The highest BCUT2D eigenvalue weighted by Gasteiger charge is 2.53. The molecule has 1 saturated heterocycles. The lowest BCUT2D eigenvalue weighted by molar-refractivity contribution is -0.141. The molecule has 7 nitrogen and oxygen atoms in total. The summed E-state index contributed by atoms with van der Waals surface area (Å²) in [6, 6.07) is 8.20. The van der Waals surface area contributed by atoms with Crippen LogP contribution in [-0.2, 0) is 19.4 Å². The Morgan fingerprint density at radius 3 is 2.39 bits per heavy atom. The highest BCUT2D eigenvalue weighted by Crippen LogP contribution is 2.42. The third-order valence-electron chi connectivity index (χ3n) is 6.54. The van der Waals surface area contributed by atoms with E-state index in [4.69, 9.17) is 0 Å². The fourth-order valence-corrected chi connectivity index (χ4v) is 6.94.